The van der Waals surface area contributed by atoms with Crippen LogP contribution >= 0.6 is 0 Å². The van der Waals surface area contributed by atoms with Crippen LogP contribution in [0.3, 0.4) is 0 Å². The molecule has 0 fully saturated rings. The van der Waals surface area contributed by atoms with Crippen LogP contribution in [0.1, 0.15) is 23.2 Å². The van der Waals surface area contributed by atoms with Gasteiger partial charge in [-0.15, -0.1) is 0 Å². The molecule has 1 aromatic heterocycles. The van der Waals surface area contributed by atoms with Gasteiger partial charge in [0, 0.05) is 11.8 Å². The van der Waals surface area contributed by atoms with Crippen molar-refractivity contribution in [2.75, 3.05) is 0 Å². The van der Waals surface area contributed by atoms with Crippen LogP contribution in [0.2, 0.25) is 0 Å². The highest BCUT2D eigenvalue weighted by Gasteiger charge is 2.11. The molecule has 0 N–H and O–H groups in total. The molecule has 0 amide bonds. The summed E-state index contributed by atoms with van der Waals surface area (Å²) < 4.78 is 24.7. The Morgan fingerprint density at radius 2 is 2.31 bits per heavy atom. The van der Waals surface area contributed by atoms with E-state index < -0.39 is 6.43 Å². The molecule has 0 atom stereocenters. The molecule has 68 valence electrons. The topological polar surface area (TPSA) is 36.7 Å². The maximum atomic E-state index is 12.3. The predicted octanol–water partition coefficient (Wildman–Crippen LogP) is 2.39. The van der Waals surface area contributed by atoms with Crippen molar-refractivity contribution >= 4 is 0 Å². The van der Waals surface area contributed by atoms with E-state index in [1.54, 1.807) is 6.92 Å². The summed E-state index contributed by atoms with van der Waals surface area (Å²) in [7, 11) is 0. The summed E-state index contributed by atoms with van der Waals surface area (Å²) in [5, 5.41) is 8.34. The first-order valence-electron chi connectivity index (χ1n) is 3.75. The minimum atomic E-state index is -2.50. The third-order valence-electron chi connectivity index (χ3n) is 1.70. The van der Waals surface area contributed by atoms with Crippen molar-refractivity contribution in [1.29, 1.82) is 5.26 Å². The number of aryl methyl sites for hydroxylation is 1. The van der Waals surface area contributed by atoms with Crippen LogP contribution in [0.4, 0.5) is 8.78 Å². The van der Waals surface area contributed by atoms with Gasteiger partial charge in [0.05, 0.1) is 18.2 Å². The van der Waals surface area contributed by atoms with Crippen molar-refractivity contribution in [2.24, 2.45) is 0 Å². The van der Waals surface area contributed by atoms with Gasteiger partial charge in [0.25, 0.3) is 6.43 Å². The molecule has 4 heteroatoms. The fourth-order valence-electron chi connectivity index (χ4n) is 0.998. The largest absolute Gasteiger partial charge is 0.264 e. The van der Waals surface area contributed by atoms with Gasteiger partial charge in [-0.1, -0.05) is 0 Å². The molecule has 2 nitrogen and oxygen atoms in total. The lowest BCUT2D eigenvalue weighted by Crippen LogP contribution is -1.95. The molecule has 1 rings (SSSR count). The Balaban J connectivity index is 3.05. The first kappa shape index (κ1) is 9.59. The van der Waals surface area contributed by atoms with Crippen LogP contribution in [0, 0.1) is 18.3 Å². The average Bonchev–Trinajstić information content (AvgIpc) is 2.08. The lowest BCUT2D eigenvalue weighted by molar-refractivity contribution is 0.150. The number of hydrogen-bond donors (Lipinski definition) is 0. The van der Waals surface area contributed by atoms with E-state index in [1.807, 2.05) is 6.07 Å². The fraction of sp³-hybridized carbons (Fsp3) is 0.333. The number of hydrogen-bond acceptors (Lipinski definition) is 2. The molecular weight excluding hydrogens is 174 g/mol. The molecule has 0 unspecified atom stereocenters. The molecule has 0 bridgehead atoms. The van der Waals surface area contributed by atoms with Crippen molar-refractivity contribution in [3.8, 4) is 6.07 Å². The minimum absolute atomic E-state index is 0.0414. The Morgan fingerprint density at radius 3 is 2.85 bits per heavy atom. The van der Waals surface area contributed by atoms with Crippen LogP contribution in [-0.4, -0.2) is 4.98 Å². The molecular formula is C9H8F2N2. The number of nitriles is 1. The lowest BCUT2D eigenvalue weighted by atomic mass is 10.1. The summed E-state index contributed by atoms with van der Waals surface area (Å²) in [6, 6.07) is 3.14. The number of aromatic nitrogens is 1. The second-order valence-corrected chi connectivity index (χ2v) is 2.67. The van der Waals surface area contributed by atoms with E-state index >= 15 is 0 Å². The summed E-state index contributed by atoms with van der Waals surface area (Å²) in [6.45, 7) is 1.57. The lowest BCUT2D eigenvalue weighted by Gasteiger charge is -2.04. The molecule has 1 aromatic rings. The fourth-order valence-corrected chi connectivity index (χ4v) is 0.998. The van der Waals surface area contributed by atoms with Gasteiger partial charge in [0.1, 0.15) is 0 Å². The van der Waals surface area contributed by atoms with E-state index in [-0.39, 0.29) is 12.0 Å². The molecule has 0 saturated heterocycles. The molecule has 0 aliphatic heterocycles. The van der Waals surface area contributed by atoms with Gasteiger partial charge in [-0.3, -0.25) is 4.98 Å². The Labute approximate surface area is 74.8 Å². The van der Waals surface area contributed by atoms with Crippen molar-refractivity contribution in [2.45, 2.75) is 19.8 Å². The molecule has 0 aromatic carbocycles. The van der Waals surface area contributed by atoms with Crippen LogP contribution in [0.25, 0.3) is 0 Å². The average molecular weight is 182 g/mol. The molecule has 0 aliphatic rings. The molecule has 1 heterocycles. The second-order valence-electron chi connectivity index (χ2n) is 2.67. The van der Waals surface area contributed by atoms with E-state index in [0.29, 0.717) is 11.3 Å². The summed E-state index contributed by atoms with van der Waals surface area (Å²) >= 11 is 0. The zero-order chi connectivity index (χ0) is 9.84. The smallest absolute Gasteiger partial charge is 0.260 e. The normalized spacial score (nSPS) is 10.1. The second kappa shape index (κ2) is 3.94. The zero-order valence-electron chi connectivity index (χ0n) is 7.09. The summed E-state index contributed by atoms with van der Waals surface area (Å²) in [6.07, 6.45) is -1.06. The zero-order valence-corrected chi connectivity index (χ0v) is 7.09. The summed E-state index contributed by atoms with van der Waals surface area (Å²) in [5.74, 6) is 0. The van der Waals surface area contributed by atoms with E-state index in [4.69, 9.17) is 5.26 Å². The van der Waals surface area contributed by atoms with E-state index in [0.717, 1.165) is 0 Å². The van der Waals surface area contributed by atoms with Gasteiger partial charge < -0.3 is 0 Å². The van der Waals surface area contributed by atoms with Gasteiger partial charge in [-0.25, -0.2) is 8.78 Å². The van der Waals surface area contributed by atoms with Gasteiger partial charge >= 0.3 is 0 Å². The number of alkyl halides is 2. The number of pyridine rings is 1. The Morgan fingerprint density at radius 1 is 1.62 bits per heavy atom. The molecule has 0 radical (unpaired) electrons. The minimum Gasteiger partial charge on any atom is -0.260 e. The highest BCUT2D eigenvalue weighted by Crippen LogP contribution is 2.22. The highest BCUT2D eigenvalue weighted by molar-refractivity contribution is 5.27. The van der Waals surface area contributed by atoms with Crippen molar-refractivity contribution < 1.29 is 8.78 Å². The maximum Gasteiger partial charge on any atom is 0.264 e. The van der Waals surface area contributed by atoms with E-state index in [9.17, 15) is 8.78 Å². The van der Waals surface area contributed by atoms with Crippen molar-refractivity contribution in [1.82, 2.24) is 4.98 Å². The highest BCUT2D eigenvalue weighted by atomic mass is 19.3. The van der Waals surface area contributed by atoms with Gasteiger partial charge in [0.2, 0.25) is 0 Å². The maximum absolute atomic E-state index is 12.3. The van der Waals surface area contributed by atoms with E-state index in [2.05, 4.69) is 4.98 Å². The Hall–Kier alpha value is -1.50. The van der Waals surface area contributed by atoms with Crippen LogP contribution in [0.5, 0.6) is 0 Å². The van der Waals surface area contributed by atoms with Crippen LogP contribution < -0.4 is 0 Å². The van der Waals surface area contributed by atoms with Crippen LogP contribution in [0.15, 0.2) is 12.3 Å². The van der Waals surface area contributed by atoms with Gasteiger partial charge in [-0.05, 0) is 18.6 Å². The number of rotatable bonds is 2. The van der Waals surface area contributed by atoms with E-state index in [1.165, 1.54) is 12.3 Å². The van der Waals surface area contributed by atoms with Crippen molar-refractivity contribution in [3.05, 3.63) is 29.1 Å². The quantitative estimate of drug-likeness (QED) is 0.704. The Kier molecular flexibility index (Phi) is 2.91. The SMILES string of the molecule is Cc1cnc(CC#N)cc1C(F)F. The first-order valence-corrected chi connectivity index (χ1v) is 3.75. The Bertz CT molecular complexity index is 342. The third kappa shape index (κ3) is 2.22. The third-order valence-corrected chi connectivity index (χ3v) is 1.70. The molecule has 0 saturated carbocycles. The predicted molar refractivity (Wildman–Crippen MR) is 43.2 cm³/mol. The van der Waals surface area contributed by atoms with Crippen LogP contribution in [-0.2, 0) is 6.42 Å². The summed E-state index contributed by atoms with van der Waals surface area (Å²) in [4.78, 5) is 3.86. The van der Waals surface area contributed by atoms with Gasteiger partial charge in [0.15, 0.2) is 0 Å². The van der Waals surface area contributed by atoms with Crippen molar-refractivity contribution in [3.63, 3.8) is 0 Å². The number of nitrogens with zero attached hydrogens (tertiary/aromatic N) is 2. The monoisotopic (exact) mass is 182 g/mol. The summed E-state index contributed by atoms with van der Waals surface area (Å²) in [5.41, 5.74) is 0.806. The molecule has 13 heavy (non-hydrogen) atoms. The van der Waals surface area contributed by atoms with Gasteiger partial charge in [-0.2, -0.15) is 5.26 Å². The molecule has 0 aliphatic carbocycles. The standard InChI is InChI=1S/C9H8F2N2/c1-6-5-13-7(2-3-12)4-8(6)9(10)11/h4-5,9H,2H2,1H3. The molecule has 0 spiro atoms. The number of halogens is 2. The first-order chi connectivity index (χ1) is 6.15.